The van der Waals surface area contributed by atoms with Crippen molar-refractivity contribution in [2.75, 3.05) is 0 Å². The normalized spacial score (nSPS) is 12.1. The van der Waals surface area contributed by atoms with Gasteiger partial charge in [0.15, 0.2) is 4.80 Å². The second-order valence-electron chi connectivity index (χ2n) is 6.26. The van der Waals surface area contributed by atoms with Crippen LogP contribution in [0.3, 0.4) is 0 Å². The van der Waals surface area contributed by atoms with E-state index in [-0.39, 0.29) is 17.8 Å². The number of aromatic nitrogens is 1. The van der Waals surface area contributed by atoms with Crippen LogP contribution in [0.25, 0.3) is 10.2 Å². The lowest BCUT2D eigenvalue weighted by Crippen LogP contribution is -2.16. The maximum Gasteiger partial charge on any atom is 0.279 e. The summed E-state index contributed by atoms with van der Waals surface area (Å²) in [7, 11) is 0. The van der Waals surface area contributed by atoms with Crippen LogP contribution < -0.4 is 9.54 Å². The molecule has 1 amide bonds. The molecule has 6 heteroatoms. The summed E-state index contributed by atoms with van der Waals surface area (Å²) in [6, 6.07) is 11.6. The van der Waals surface area contributed by atoms with Crippen molar-refractivity contribution in [1.82, 2.24) is 4.57 Å². The lowest BCUT2D eigenvalue weighted by Gasteiger charge is -2.09. The van der Waals surface area contributed by atoms with Crippen molar-refractivity contribution in [1.29, 1.82) is 0 Å². The number of hydrogen-bond acceptors (Lipinski definition) is 3. The van der Waals surface area contributed by atoms with E-state index in [0.29, 0.717) is 10.4 Å². The summed E-state index contributed by atoms with van der Waals surface area (Å²) in [5, 5.41) is 0. The van der Waals surface area contributed by atoms with Crippen molar-refractivity contribution < 1.29 is 13.9 Å². The molecule has 3 rings (SSSR count). The first-order chi connectivity index (χ1) is 12.5. The van der Waals surface area contributed by atoms with Crippen LogP contribution >= 0.6 is 11.3 Å². The third kappa shape index (κ3) is 4.02. The highest BCUT2D eigenvalue weighted by molar-refractivity contribution is 7.16. The maximum atomic E-state index is 13.5. The van der Waals surface area contributed by atoms with E-state index in [2.05, 4.69) is 11.9 Å². The summed E-state index contributed by atoms with van der Waals surface area (Å²) in [6.45, 7) is 6.67. The first-order valence-corrected chi connectivity index (χ1v) is 9.44. The van der Waals surface area contributed by atoms with Crippen molar-refractivity contribution in [3.63, 3.8) is 0 Å². The molecule has 1 heterocycles. The van der Waals surface area contributed by atoms with Gasteiger partial charge in [-0.2, -0.15) is 4.99 Å². The summed E-state index contributed by atoms with van der Waals surface area (Å²) >= 11 is 1.32. The largest absolute Gasteiger partial charge is 0.491 e. The first kappa shape index (κ1) is 18.3. The fraction of sp³-hybridized carbons (Fsp3) is 0.300. The molecule has 3 aromatic rings. The minimum absolute atomic E-state index is 0.0770. The van der Waals surface area contributed by atoms with Gasteiger partial charge < -0.3 is 9.30 Å². The Morgan fingerprint density at radius 2 is 1.96 bits per heavy atom. The number of halogens is 1. The Morgan fingerprint density at radius 1 is 1.23 bits per heavy atom. The quantitative estimate of drug-likeness (QED) is 0.647. The Bertz CT molecular complexity index is 987. The zero-order chi connectivity index (χ0) is 18.7. The van der Waals surface area contributed by atoms with E-state index < -0.39 is 0 Å². The summed E-state index contributed by atoms with van der Waals surface area (Å²) in [5.41, 5.74) is 1.39. The molecule has 0 atom stereocenters. The highest BCUT2D eigenvalue weighted by Gasteiger charge is 2.10. The number of amides is 1. The van der Waals surface area contributed by atoms with E-state index in [9.17, 15) is 9.18 Å². The number of hydrogen-bond donors (Lipinski definition) is 0. The Labute approximate surface area is 155 Å². The smallest absolute Gasteiger partial charge is 0.279 e. The van der Waals surface area contributed by atoms with E-state index >= 15 is 0 Å². The van der Waals surface area contributed by atoms with Gasteiger partial charge in [0.1, 0.15) is 11.6 Å². The molecule has 2 aromatic carbocycles. The number of carbonyl (C=O) groups is 1. The van der Waals surface area contributed by atoms with Crippen LogP contribution in [0.5, 0.6) is 5.75 Å². The topological polar surface area (TPSA) is 43.6 Å². The third-order valence-corrected chi connectivity index (χ3v) is 4.80. The van der Waals surface area contributed by atoms with Gasteiger partial charge in [-0.25, -0.2) is 4.39 Å². The van der Waals surface area contributed by atoms with Crippen LogP contribution in [0.2, 0.25) is 0 Å². The molecule has 1 aromatic heterocycles. The van der Waals surface area contributed by atoms with E-state index in [1.54, 1.807) is 30.3 Å². The van der Waals surface area contributed by atoms with Gasteiger partial charge in [-0.05, 0) is 62.7 Å². The van der Waals surface area contributed by atoms with Gasteiger partial charge in [-0.3, -0.25) is 4.79 Å². The van der Waals surface area contributed by atoms with Crippen LogP contribution in [0.1, 0.15) is 37.6 Å². The Hall–Kier alpha value is -2.47. The van der Waals surface area contributed by atoms with Crippen LogP contribution in [0.4, 0.5) is 4.39 Å². The average molecular weight is 372 g/mol. The summed E-state index contributed by atoms with van der Waals surface area (Å²) in [4.78, 5) is 17.4. The third-order valence-electron chi connectivity index (χ3n) is 3.76. The molecule has 0 bridgehead atoms. The molecule has 0 N–H and O–H groups in total. The predicted molar refractivity (Wildman–Crippen MR) is 102 cm³/mol. The summed E-state index contributed by atoms with van der Waals surface area (Å²) in [5.74, 6) is 0.105. The maximum absolute atomic E-state index is 13.5. The number of ether oxygens (including phenoxy) is 1. The lowest BCUT2D eigenvalue weighted by molar-refractivity contribution is 0.0998. The zero-order valence-electron chi connectivity index (χ0n) is 15.0. The van der Waals surface area contributed by atoms with Gasteiger partial charge in [0.25, 0.3) is 5.91 Å². The highest BCUT2D eigenvalue weighted by Crippen LogP contribution is 2.19. The van der Waals surface area contributed by atoms with Gasteiger partial charge in [0.2, 0.25) is 0 Å². The molecule has 0 fully saturated rings. The molecule has 136 valence electrons. The van der Waals surface area contributed by atoms with Crippen molar-refractivity contribution in [3.05, 3.63) is 58.6 Å². The Kier molecular flexibility index (Phi) is 5.52. The van der Waals surface area contributed by atoms with Gasteiger partial charge in [-0.15, -0.1) is 0 Å². The standard InChI is InChI=1S/C20H21FN2O2S/c1-4-11-23-17-10-7-15(21)12-18(17)26-20(23)22-19(24)14-5-8-16(9-6-14)25-13(2)3/h5-10,12-13H,4,11H2,1-3H3. The average Bonchev–Trinajstić information content (AvgIpc) is 2.91. The monoisotopic (exact) mass is 372 g/mol. The number of benzene rings is 2. The zero-order valence-corrected chi connectivity index (χ0v) is 15.8. The molecule has 0 saturated heterocycles. The molecule has 0 saturated carbocycles. The minimum atomic E-state index is -0.321. The summed E-state index contributed by atoms with van der Waals surface area (Å²) < 4.78 is 21.8. The highest BCUT2D eigenvalue weighted by atomic mass is 32.1. The molecular formula is C20H21FN2O2S. The van der Waals surface area contributed by atoms with Gasteiger partial charge in [-0.1, -0.05) is 18.3 Å². The van der Waals surface area contributed by atoms with Crippen LogP contribution in [-0.2, 0) is 6.54 Å². The second-order valence-corrected chi connectivity index (χ2v) is 7.27. The Balaban J connectivity index is 1.98. The molecule has 26 heavy (non-hydrogen) atoms. The summed E-state index contributed by atoms with van der Waals surface area (Å²) in [6.07, 6.45) is 0.972. The van der Waals surface area contributed by atoms with Crippen LogP contribution in [0, 0.1) is 5.82 Å². The van der Waals surface area contributed by atoms with Crippen LogP contribution in [0.15, 0.2) is 47.5 Å². The number of carbonyl (C=O) groups excluding carboxylic acids is 1. The van der Waals surface area contributed by atoms with Gasteiger partial charge in [0.05, 0.1) is 16.3 Å². The van der Waals surface area contributed by atoms with Gasteiger partial charge in [0, 0.05) is 12.1 Å². The van der Waals surface area contributed by atoms with E-state index in [0.717, 1.165) is 28.9 Å². The van der Waals surface area contributed by atoms with E-state index in [1.807, 2.05) is 18.4 Å². The number of fused-ring (bicyclic) bond motifs is 1. The van der Waals surface area contributed by atoms with Crippen molar-refractivity contribution in [2.24, 2.45) is 4.99 Å². The van der Waals surface area contributed by atoms with E-state index in [1.165, 1.54) is 23.5 Å². The predicted octanol–water partition coefficient (Wildman–Crippen LogP) is 4.78. The fourth-order valence-corrected chi connectivity index (χ4v) is 3.75. The number of rotatable bonds is 5. The Morgan fingerprint density at radius 3 is 2.62 bits per heavy atom. The minimum Gasteiger partial charge on any atom is -0.491 e. The molecule has 0 unspecified atom stereocenters. The molecule has 0 radical (unpaired) electrons. The SMILES string of the molecule is CCCn1c(=NC(=O)c2ccc(OC(C)C)cc2)sc2cc(F)ccc21. The molecule has 4 nitrogen and oxygen atoms in total. The van der Waals surface area contributed by atoms with Crippen LogP contribution in [-0.4, -0.2) is 16.6 Å². The molecule has 0 spiro atoms. The molecular weight excluding hydrogens is 351 g/mol. The fourth-order valence-electron chi connectivity index (χ4n) is 2.67. The number of aryl methyl sites for hydroxylation is 1. The lowest BCUT2D eigenvalue weighted by atomic mass is 10.2. The van der Waals surface area contributed by atoms with Gasteiger partial charge >= 0.3 is 0 Å². The van der Waals surface area contributed by atoms with Crippen molar-refractivity contribution in [2.45, 2.75) is 39.8 Å². The first-order valence-electron chi connectivity index (χ1n) is 8.62. The second kappa shape index (κ2) is 7.83. The van der Waals surface area contributed by atoms with E-state index in [4.69, 9.17) is 4.74 Å². The number of nitrogens with zero attached hydrogens (tertiary/aromatic N) is 2. The molecule has 0 aliphatic heterocycles. The number of thiazole rings is 1. The van der Waals surface area contributed by atoms with Crippen molar-refractivity contribution >= 4 is 27.5 Å². The molecule has 0 aliphatic carbocycles. The van der Waals surface area contributed by atoms with Crippen molar-refractivity contribution in [3.8, 4) is 5.75 Å². The molecule has 0 aliphatic rings.